The molecule has 3 N–H and O–H groups in total. The number of nitrogens with two attached hydrogens (primary N) is 1. The van der Waals surface area contributed by atoms with Crippen molar-refractivity contribution in [3.63, 3.8) is 0 Å². The van der Waals surface area contributed by atoms with Crippen LogP contribution in [0.5, 0.6) is 0 Å². The Balaban J connectivity index is 2.59. The fraction of sp³-hybridized carbons (Fsp3) is 0.375. The predicted octanol–water partition coefficient (Wildman–Crippen LogP) is -1.10. The summed E-state index contributed by atoms with van der Waals surface area (Å²) in [5, 5.41) is 0. The number of aldehydes is 1. The Morgan fingerprint density at radius 3 is 3.00 bits per heavy atom. The molecule has 0 radical (unpaired) electrons. The van der Waals surface area contributed by atoms with Gasteiger partial charge in [-0.05, 0) is 0 Å². The summed E-state index contributed by atoms with van der Waals surface area (Å²) in [4.78, 5) is 29.7. The number of rotatable bonds is 5. The third-order valence-electron chi connectivity index (χ3n) is 1.72. The van der Waals surface area contributed by atoms with Gasteiger partial charge in [-0.25, -0.2) is 4.98 Å². The van der Waals surface area contributed by atoms with Crippen LogP contribution in [0.25, 0.3) is 0 Å². The van der Waals surface area contributed by atoms with Crippen LogP contribution >= 0.6 is 0 Å². The number of hydrogen-bond acceptors (Lipinski definition) is 4. The van der Waals surface area contributed by atoms with Crippen LogP contribution in [0.3, 0.4) is 0 Å². The van der Waals surface area contributed by atoms with E-state index in [1.165, 1.54) is 4.90 Å². The van der Waals surface area contributed by atoms with Gasteiger partial charge in [-0.15, -0.1) is 0 Å². The number of aromatic amines is 1. The van der Waals surface area contributed by atoms with E-state index >= 15 is 0 Å². The second-order valence-corrected chi connectivity index (χ2v) is 2.68. The Morgan fingerprint density at radius 2 is 2.50 bits per heavy atom. The first-order chi connectivity index (χ1) is 6.77. The van der Waals surface area contributed by atoms with E-state index in [0.717, 1.165) is 0 Å². The monoisotopic (exact) mass is 196 g/mol. The number of H-pyrrole nitrogens is 1. The Kier molecular flexibility index (Phi) is 3.81. The Bertz CT molecular complexity index is 296. The van der Waals surface area contributed by atoms with E-state index in [9.17, 15) is 9.59 Å². The molecular formula is C8H12N4O2. The summed E-state index contributed by atoms with van der Waals surface area (Å²) in [5.41, 5.74) is 5.19. The summed E-state index contributed by atoms with van der Waals surface area (Å²) in [6, 6.07) is 0. The smallest absolute Gasteiger partial charge is 0.237 e. The molecule has 0 aliphatic heterocycles. The second kappa shape index (κ2) is 5.13. The molecule has 6 heteroatoms. The summed E-state index contributed by atoms with van der Waals surface area (Å²) in [6.07, 6.45) is 3.90. The number of nitrogens with zero attached hydrogens (tertiary/aromatic N) is 2. The molecule has 1 heterocycles. The van der Waals surface area contributed by atoms with E-state index in [-0.39, 0.29) is 25.5 Å². The molecule has 0 bridgehead atoms. The lowest BCUT2D eigenvalue weighted by Crippen LogP contribution is -2.37. The average molecular weight is 196 g/mol. The highest BCUT2D eigenvalue weighted by molar-refractivity contribution is 5.80. The van der Waals surface area contributed by atoms with Crippen LogP contribution < -0.4 is 5.73 Å². The van der Waals surface area contributed by atoms with Crippen LogP contribution in [0.15, 0.2) is 12.4 Å². The number of carbonyl (C=O) groups excluding carboxylic acids is 2. The number of imidazole rings is 1. The quantitative estimate of drug-likeness (QED) is 0.584. The Labute approximate surface area is 81.1 Å². The van der Waals surface area contributed by atoms with Crippen LogP contribution in [-0.2, 0) is 16.1 Å². The fourth-order valence-electron chi connectivity index (χ4n) is 1.04. The highest BCUT2D eigenvalue weighted by Gasteiger charge is 2.12. The van der Waals surface area contributed by atoms with Crippen molar-refractivity contribution in [3.8, 4) is 0 Å². The highest BCUT2D eigenvalue weighted by atomic mass is 16.2. The number of amides is 1. The van der Waals surface area contributed by atoms with Gasteiger partial charge in [-0.3, -0.25) is 4.79 Å². The molecule has 0 saturated carbocycles. The maximum absolute atomic E-state index is 11.2. The van der Waals surface area contributed by atoms with Crippen LogP contribution in [0, 0.1) is 0 Å². The molecule has 0 aliphatic rings. The van der Waals surface area contributed by atoms with Gasteiger partial charge < -0.3 is 20.4 Å². The third-order valence-corrected chi connectivity index (χ3v) is 1.72. The average Bonchev–Trinajstić information content (AvgIpc) is 2.68. The molecule has 0 aliphatic carbocycles. The molecule has 0 unspecified atom stereocenters. The van der Waals surface area contributed by atoms with Crippen molar-refractivity contribution in [1.29, 1.82) is 0 Å². The van der Waals surface area contributed by atoms with Gasteiger partial charge in [0.2, 0.25) is 5.91 Å². The van der Waals surface area contributed by atoms with E-state index in [1.54, 1.807) is 12.4 Å². The zero-order chi connectivity index (χ0) is 10.4. The molecule has 6 nitrogen and oxygen atoms in total. The SMILES string of the molecule is NCC(=O)N(CC=O)Cc1ncc[nH]1. The van der Waals surface area contributed by atoms with Gasteiger partial charge in [-0.2, -0.15) is 0 Å². The molecule has 0 spiro atoms. The summed E-state index contributed by atoms with van der Waals surface area (Å²) in [6.45, 7) is 0.215. The minimum absolute atomic E-state index is 0.0384. The molecule has 14 heavy (non-hydrogen) atoms. The molecule has 0 saturated heterocycles. The zero-order valence-corrected chi connectivity index (χ0v) is 7.64. The molecule has 0 aromatic carbocycles. The van der Waals surface area contributed by atoms with Crippen molar-refractivity contribution in [2.24, 2.45) is 5.73 Å². The maximum Gasteiger partial charge on any atom is 0.237 e. The van der Waals surface area contributed by atoms with Gasteiger partial charge in [0, 0.05) is 12.4 Å². The van der Waals surface area contributed by atoms with E-state index in [1.807, 2.05) is 0 Å². The van der Waals surface area contributed by atoms with Crippen LogP contribution in [-0.4, -0.2) is 40.2 Å². The van der Waals surface area contributed by atoms with Gasteiger partial charge in [0.15, 0.2) is 0 Å². The lowest BCUT2D eigenvalue weighted by atomic mass is 10.4. The van der Waals surface area contributed by atoms with Gasteiger partial charge in [-0.1, -0.05) is 0 Å². The summed E-state index contributed by atoms with van der Waals surface area (Å²) in [7, 11) is 0. The molecular weight excluding hydrogens is 184 g/mol. The van der Waals surface area contributed by atoms with Gasteiger partial charge >= 0.3 is 0 Å². The maximum atomic E-state index is 11.2. The van der Waals surface area contributed by atoms with Crippen LogP contribution in [0.2, 0.25) is 0 Å². The molecule has 1 rings (SSSR count). The summed E-state index contributed by atoms with van der Waals surface area (Å²) >= 11 is 0. The number of nitrogens with one attached hydrogen (secondary N) is 1. The van der Waals surface area contributed by atoms with Crippen LogP contribution in [0.1, 0.15) is 5.82 Å². The van der Waals surface area contributed by atoms with Gasteiger partial charge in [0.05, 0.1) is 19.6 Å². The predicted molar refractivity (Wildman–Crippen MR) is 49.1 cm³/mol. The standard InChI is InChI=1S/C8H12N4O2/c9-5-8(14)12(3-4-13)6-7-10-1-2-11-7/h1-2,4H,3,5-6,9H2,(H,10,11). The van der Waals surface area contributed by atoms with Crippen molar-refractivity contribution in [2.45, 2.75) is 6.54 Å². The molecule has 1 amide bonds. The minimum atomic E-state index is -0.270. The fourth-order valence-corrected chi connectivity index (χ4v) is 1.04. The normalized spacial score (nSPS) is 9.79. The lowest BCUT2D eigenvalue weighted by molar-refractivity contribution is -0.132. The van der Waals surface area contributed by atoms with Crippen molar-refractivity contribution < 1.29 is 9.59 Å². The number of hydrogen-bond donors (Lipinski definition) is 2. The Morgan fingerprint density at radius 1 is 1.71 bits per heavy atom. The van der Waals surface area contributed by atoms with E-state index in [2.05, 4.69) is 9.97 Å². The van der Waals surface area contributed by atoms with E-state index in [0.29, 0.717) is 12.1 Å². The molecule has 1 aromatic heterocycles. The molecule has 0 atom stereocenters. The first-order valence-electron chi connectivity index (χ1n) is 4.17. The van der Waals surface area contributed by atoms with E-state index in [4.69, 9.17) is 5.73 Å². The Hall–Kier alpha value is -1.69. The third kappa shape index (κ3) is 2.67. The molecule has 76 valence electrons. The largest absolute Gasteiger partial charge is 0.347 e. The van der Waals surface area contributed by atoms with Gasteiger partial charge in [0.1, 0.15) is 12.1 Å². The minimum Gasteiger partial charge on any atom is -0.347 e. The number of aromatic nitrogens is 2. The summed E-state index contributed by atoms with van der Waals surface area (Å²) < 4.78 is 0. The summed E-state index contributed by atoms with van der Waals surface area (Å²) in [5.74, 6) is 0.363. The number of carbonyl (C=O) groups is 2. The first-order valence-corrected chi connectivity index (χ1v) is 4.17. The van der Waals surface area contributed by atoms with Crippen molar-refractivity contribution in [3.05, 3.63) is 18.2 Å². The molecule has 1 aromatic rings. The van der Waals surface area contributed by atoms with Crippen molar-refractivity contribution in [2.75, 3.05) is 13.1 Å². The van der Waals surface area contributed by atoms with Crippen molar-refractivity contribution >= 4 is 12.2 Å². The highest BCUT2D eigenvalue weighted by Crippen LogP contribution is 1.97. The van der Waals surface area contributed by atoms with E-state index < -0.39 is 0 Å². The topological polar surface area (TPSA) is 92.1 Å². The van der Waals surface area contributed by atoms with Gasteiger partial charge in [0.25, 0.3) is 0 Å². The van der Waals surface area contributed by atoms with Crippen molar-refractivity contribution in [1.82, 2.24) is 14.9 Å². The second-order valence-electron chi connectivity index (χ2n) is 2.68. The van der Waals surface area contributed by atoms with Crippen LogP contribution in [0.4, 0.5) is 0 Å². The zero-order valence-electron chi connectivity index (χ0n) is 7.64. The lowest BCUT2D eigenvalue weighted by Gasteiger charge is -2.17. The molecule has 0 fully saturated rings. The first kappa shape index (κ1) is 10.4.